The van der Waals surface area contributed by atoms with Gasteiger partial charge in [0.1, 0.15) is 11.4 Å². The van der Waals surface area contributed by atoms with Crippen LogP contribution in [0.5, 0.6) is 6.01 Å². The van der Waals surface area contributed by atoms with Crippen molar-refractivity contribution in [1.82, 2.24) is 24.4 Å². The van der Waals surface area contributed by atoms with Crippen LogP contribution in [0.15, 0.2) is 36.9 Å². The number of halogens is 1. The summed E-state index contributed by atoms with van der Waals surface area (Å²) in [7, 11) is -0.731. The SMILES string of the molecule is CC(C)(C)OC(=O)N(CCCOc1ncccn1)CCCn1cnc2cc(F)cc(B3OC(C)(C)C(C)(C)O3)c21. The number of aromatic nitrogens is 4. The average Bonchev–Trinajstić information content (AvgIpc) is 3.35. The lowest BCUT2D eigenvalue weighted by molar-refractivity contribution is 0.00578. The Kier molecular flexibility index (Phi) is 8.70. The molecule has 0 saturated carbocycles. The number of hydrogen-bond donors (Lipinski definition) is 0. The van der Waals surface area contributed by atoms with Crippen molar-refractivity contribution in [1.29, 1.82) is 0 Å². The molecule has 1 fully saturated rings. The summed E-state index contributed by atoms with van der Waals surface area (Å²) in [4.78, 5) is 27.2. The van der Waals surface area contributed by atoms with Crippen LogP contribution in [-0.4, -0.2) is 74.1 Å². The Morgan fingerprint density at radius 1 is 1.05 bits per heavy atom. The Morgan fingerprint density at radius 3 is 2.35 bits per heavy atom. The van der Waals surface area contributed by atoms with Crippen LogP contribution >= 0.6 is 0 Å². The molecule has 4 rings (SSSR count). The molecule has 2 aromatic heterocycles. The fourth-order valence-corrected chi connectivity index (χ4v) is 4.36. The summed E-state index contributed by atoms with van der Waals surface area (Å²) in [6, 6.07) is 4.87. The number of aryl methyl sites for hydroxylation is 1. The van der Waals surface area contributed by atoms with Crippen molar-refractivity contribution in [2.24, 2.45) is 0 Å². The van der Waals surface area contributed by atoms with Crippen molar-refractivity contribution < 1.29 is 28.0 Å². The van der Waals surface area contributed by atoms with E-state index in [4.69, 9.17) is 18.8 Å². The summed E-state index contributed by atoms with van der Waals surface area (Å²) in [6.07, 6.45) is 5.72. The summed E-state index contributed by atoms with van der Waals surface area (Å²) in [5, 5.41) is 0. The molecule has 10 nitrogen and oxygen atoms in total. The molecular formula is C28H39BFN5O5. The molecule has 0 unspecified atom stereocenters. The van der Waals surface area contributed by atoms with Gasteiger partial charge in [0, 0.05) is 43.6 Å². The summed E-state index contributed by atoms with van der Waals surface area (Å²) < 4.78 is 40.2. The molecule has 3 aromatic rings. The molecule has 1 amide bonds. The fourth-order valence-electron chi connectivity index (χ4n) is 4.36. The van der Waals surface area contributed by atoms with E-state index in [1.165, 1.54) is 12.1 Å². The van der Waals surface area contributed by atoms with Crippen molar-refractivity contribution in [3.05, 3.63) is 42.7 Å². The van der Waals surface area contributed by atoms with Gasteiger partial charge in [-0.25, -0.2) is 24.1 Å². The molecule has 1 aliphatic rings. The molecule has 0 N–H and O–H groups in total. The third-order valence-electron chi connectivity index (χ3n) is 7.04. The number of carbonyl (C=O) groups excluding carboxylic acids is 1. The Bertz CT molecular complexity index is 1300. The van der Waals surface area contributed by atoms with Crippen molar-refractivity contribution in [3.8, 4) is 6.01 Å². The molecule has 0 spiro atoms. The van der Waals surface area contributed by atoms with E-state index >= 15 is 0 Å². The maximum absolute atomic E-state index is 14.5. The molecule has 0 radical (unpaired) electrons. The molecule has 40 heavy (non-hydrogen) atoms. The summed E-state index contributed by atoms with van der Waals surface area (Å²) >= 11 is 0. The minimum atomic E-state index is -0.731. The van der Waals surface area contributed by atoms with Gasteiger partial charge in [-0.3, -0.25) is 0 Å². The third-order valence-corrected chi connectivity index (χ3v) is 7.04. The lowest BCUT2D eigenvalue weighted by Gasteiger charge is -2.32. The Balaban J connectivity index is 1.45. The Morgan fingerprint density at radius 2 is 1.70 bits per heavy atom. The second kappa shape index (κ2) is 11.7. The molecule has 0 bridgehead atoms. The summed E-state index contributed by atoms with van der Waals surface area (Å²) in [5.41, 5.74) is 0.118. The van der Waals surface area contributed by atoms with Crippen LogP contribution in [0.25, 0.3) is 11.0 Å². The zero-order chi connectivity index (χ0) is 29.1. The monoisotopic (exact) mass is 555 g/mol. The van der Waals surface area contributed by atoms with E-state index < -0.39 is 29.7 Å². The third kappa shape index (κ3) is 7.09. The molecule has 1 aromatic carbocycles. The highest BCUT2D eigenvalue weighted by atomic mass is 19.1. The second-order valence-electron chi connectivity index (χ2n) is 11.9. The number of imidazole rings is 1. The molecule has 216 valence electrons. The predicted octanol–water partition coefficient (Wildman–Crippen LogP) is 4.36. The first-order valence-corrected chi connectivity index (χ1v) is 13.6. The van der Waals surface area contributed by atoms with Crippen LogP contribution in [0, 0.1) is 5.82 Å². The van der Waals surface area contributed by atoms with Gasteiger partial charge in [0.15, 0.2) is 0 Å². The number of amides is 1. The summed E-state index contributed by atoms with van der Waals surface area (Å²) in [6.45, 7) is 15.2. The van der Waals surface area contributed by atoms with E-state index in [9.17, 15) is 9.18 Å². The van der Waals surface area contributed by atoms with Crippen molar-refractivity contribution in [2.75, 3.05) is 19.7 Å². The number of nitrogens with zero attached hydrogens (tertiary/aromatic N) is 5. The first kappa shape index (κ1) is 29.7. The van der Waals surface area contributed by atoms with Gasteiger partial charge in [0.05, 0.1) is 35.2 Å². The molecule has 12 heteroatoms. The maximum atomic E-state index is 14.5. The lowest BCUT2D eigenvalue weighted by atomic mass is 9.78. The van der Waals surface area contributed by atoms with Crippen LogP contribution in [-0.2, 0) is 20.6 Å². The van der Waals surface area contributed by atoms with E-state index in [0.717, 1.165) is 5.52 Å². The van der Waals surface area contributed by atoms with E-state index in [-0.39, 0.29) is 6.09 Å². The first-order chi connectivity index (χ1) is 18.8. The van der Waals surface area contributed by atoms with Crippen LogP contribution in [0.3, 0.4) is 0 Å². The lowest BCUT2D eigenvalue weighted by Crippen LogP contribution is -2.41. The highest BCUT2D eigenvalue weighted by Gasteiger charge is 2.52. The molecule has 1 aliphatic heterocycles. The zero-order valence-corrected chi connectivity index (χ0v) is 24.4. The standard InChI is InChI=1S/C28H39BFN5O5/c1-26(2,3)38-25(36)34(15-10-16-37-24-31-11-8-12-32-24)13-9-14-35-19-33-22-18-20(30)17-21(23(22)35)29-39-27(4,5)28(6,7)40-29/h8,11-12,17-19H,9-10,13-16H2,1-7H3. The number of ether oxygens (including phenoxy) is 2. The van der Waals surface area contributed by atoms with Crippen molar-refractivity contribution in [2.45, 2.75) is 84.7 Å². The van der Waals surface area contributed by atoms with Gasteiger partial charge in [-0.05, 0) is 73.4 Å². The average molecular weight is 555 g/mol. The van der Waals surface area contributed by atoms with E-state index in [1.807, 2.05) is 53.0 Å². The van der Waals surface area contributed by atoms with E-state index in [2.05, 4.69) is 15.0 Å². The molecule has 1 saturated heterocycles. The maximum Gasteiger partial charge on any atom is 0.497 e. The van der Waals surface area contributed by atoms with Gasteiger partial charge < -0.3 is 28.2 Å². The molecule has 0 atom stereocenters. The van der Waals surface area contributed by atoms with Gasteiger partial charge in [-0.1, -0.05) is 0 Å². The normalized spacial score (nSPS) is 16.4. The summed E-state index contributed by atoms with van der Waals surface area (Å²) in [5.74, 6) is -0.401. The number of carbonyl (C=O) groups is 1. The first-order valence-electron chi connectivity index (χ1n) is 13.6. The van der Waals surface area contributed by atoms with Gasteiger partial charge in [-0.15, -0.1) is 0 Å². The largest absolute Gasteiger partial charge is 0.497 e. The van der Waals surface area contributed by atoms with Gasteiger partial charge in [0.2, 0.25) is 0 Å². The number of fused-ring (bicyclic) bond motifs is 1. The van der Waals surface area contributed by atoms with Crippen molar-refractivity contribution >= 4 is 29.7 Å². The van der Waals surface area contributed by atoms with E-state index in [1.54, 1.807) is 29.7 Å². The second-order valence-corrected chi connectivity index (χ2v) is 11.9. The van der Waals surface area contributed by atoms with Crippen molar-refractivity contribution in [3.63, 3.8) is 0 Å². The number of hydrogen-bond acceptors (Lipinski definition) is 8. The van der Waals surface area contributed by atoms with Gasteiger partial charge in [-0.2, -0.15) is 0 Å². The van der Waals surface area contributed by atoms with E-state index in [0.29, 0.717) is 56.1 Å². The Hall–Kier alpha value is -3.25. The predicted molar refractivity (Wildman–Crippen MR) is 150 cm³/mol. The highest BCUT2D eigenvalue weighted by molar-refractivity contribution is 6.65. The van der Waals surface area contributed by atoms with Gasteiger partial charge >= 0.3 is 19.2 Å². The topological polar surface area (TPSA) is 101 Å². The van der Waals surface area contributed by atoms with Crippen LogP contribution in [0.1, 0.15) is 61.3 Å². The minimum absolute atomic E-state index is 0.299. The minimum Gasteiger partial charge on any atom is -0.463 e. The smallest absolute Gasteiger partial charge is 0.463 e. The molecular weight excluding hydrogens is 516 g/mol. The van der Waals surface area contributed by atoms with Crippen LogP contribution in [0.2, 0.25) is 0 Å². The fraction of sp³-hybridized carbons (Fsp3) is 0.571. The molecule has 0 aliphatic carbocycles. The highest BCUT2D eigenvalue weighted by Crippen LogP contribution is 2.37. The number of rotatable bonds is 10. The zero-order valence-electron chi connectivity index (χ0n) is 24.4. The number of benzene rings is 1. The quantitative estimate of drug-likeness (QED) is 0.269. The Labute approximate surface area is 235 Å². The molecule has 3 heterocycles. The van der Waals surface area contributed by atoms with Crippen LogP contribution < -0.4 is 10.2 Å². The van der Waals surface area contributed by atoms with Crippen LogP contribution in [0.4, 0.5) is 9.18 Å². The van der Waals surface area contributed by atoms with Gasteiger partial charge in [0.25, 0.3) is 0 Å².